The first-order chi connectivity index (χ1) is 10.1. The van der Waals surface area contributed by atoms with E-state index in [1.807, 2.05) is 13.8 Å². The standard InChI is InChI=1S/C13H16F3N3O2S/c1-6-7(2)22-12-10(6)11(21)17-9(18-12)5-19(3)4-8(20)13(14,15)16/h8,20H,4-5H2,1-3H3,(H,17,18,21). The van der Waals surface area contributed by atoms with Crippen LogP contribution in [0.3, 0.4) is 0 Å². The van der Waals surface area contributed by atoms with Crippen molar-refractivity contribution in [2.75, 3.05) is 13.6 Å². The molecule has 0 radical (unpaired) electrons. The molecular formula is C13H16F3N3O2S. The Morgan fingerprint density at radius 1 is 1.41 bits per heavy atom. The van der Waals surface area contributed by atoms with Gasteiger partial charge in [0.1, 0.15) is 10.7 Å². The van der Waals surface area contributed by atoms with Gasteiger partial charge < -0.3 is 10.1 Å². The van der Waals surface area contributed by atoms with E-state index in [0.717, 1.165) is 10.4 Å². The highest BCUT2D eigenvalue weighted by molar-refractivity contribution is 7.18. The van der Waals surface area contributed by atoms with E-state index in [9.17, 15) is 18.0 Å². The molecule has 0 saturated heterocycles. The van der Waals surface area contributed by atoms with Crippen LogP contribution in [-0.4, -0.2) is 45.8 Å². The first-order valence-corrected chi connectivity index (χ1v) is 7.33. The number of hydrogen-bond acceptors (Lipinski definition) is 5. The summed E-state index contributed by atoms with van der Waals surface area (Å²) in [5, 5.41) is 9.56. The number of aromatic amines is 1. The van der Waals surface area contributed by atoms with Crippen LogP contribution in [0.1, 0.15) is 16.3 Å². The third-order valence-corrected chi connectivity index (χ3v) is 4.47. The Kier molecular flexibility index (Phi) is 4.59. The van der Waals surface area contributed by atoms with Gasteiger partial charge in [0.15, 0.2) is 6.10 Å². The summed E-state index contributed by atoms with van der Waals surface area (Å²) >= 11 is 1.37. The van der Waals surface area contributed by atoms with Crippen LogP contribution in [0.2, 0.25) is 0 Å². The molecule has 1 atom stereocenters. The number of aliphatic hydroxyl groups excluding tert-OH is 1. The minimum atomic E-state index is -4.67. The van der Waals surface area contributed by atoms with Gasteiger partial charge in [-0.1, -0.05) is 0 Å². The zero-order valence-corrected chi connectivity index (χ0v) is 13.1. The summed E-state index contributed by atoms with van der Waals surface area (Å²) in [5.74, 6) is 0.274. The number of rotatable bonds is 4. The van der Waals surface area contributed by atoms with Crippen LogP contribution >= 0.6 is 11.3 Å². The fourth-order valence-corrected chi connectivity index (χ4v) is 3.14. The molecule has 0 aromatic carbocycles. The van der Waals surface area contributed by atoms with Gasteiger partial charge in [-0.2, -0.15) is 13.2 Å². The molecule has 2 heterocycles. The van der Waals surface area contributed by atoms with Gasteiger partial charge in [-0.25, -0.2) is 4.98 Å². The van der Waals surface area contributed by atoms with Gasteiger partial charge in [-0.15, -0.1) is 11.3 Å². The Morgan fingerprint density at radius 3 is 2.64 bits per heavy atom. The summed E-state index contributed by atoms with van der Waals surface area (Å²) in [6.45, 7) is 3.13. The summed E-state index contributed by atoms with van der Waals surface area (Å²) in [7, 11) is 1.42. The lowest BCUT2D eigenvalue weighted by Gasteiger charge is -2.21. The van der Waals surface area contributed by atoms with E-state index in [2.05, 4.69) is 9.97 Å². The molecule has 5 nitrogen and oxygen atoms in total. The van der Waals surface area contributed by atoms with Crippen LogP contribution in [-0.2, 0) is 6.54 Å². The monoisotopic (exact) mass is 335 g/mol. The van der Waals surface area contributed by atoms with E-state index in [1.165, 1.54) is 23.3 Å². The maximum absolute atomic E-state index is 12.3. The second-order valence-electron chi connectivity index (χ2n) is 5.23. The van der Waals surface area contributed by atoms with Gasteiger partial charge in [-0.05, 0) is 26.5 Å². The Balaban J connectivity index is 2.20. The lowest BCUT2D eigenvalue weighted by molar-refractivity contribution is -0.207. The number of aliphatic hydroxyl groups is 1. The molecule has 2 aromatic heterocycles. The highest BCUT2D eigenvalue weighted by Crippen LogP contribution is 2.26. The Labute approximate surface area is 128 Å². The second-order valence-corrected chi connectivity index (χ2v) is 6.43. The topological polar surface area (TPSA) is 69.2 Å². The van der Waals surface area contributed by atoms with Crippen molar-refractivity contribution in [2.24, 2.45) is 0 Å². The molecule has 1 unspecified atom stereocenters. The molecular weight excluding hydrogens is 319 g/mol. The number of thiophene rings is 1. The molecule has 0 aliphatic heterocycles. The van der Waals surface area contributed by atoms with Gasteiger partial charge in [0.05, 0.1) is 11.9 Å². The average molecular weight is 335 g/mol. The number of aryl methyl sites for hydroxylation is 2. The Morgan fingerprint density at radius 2 is 2.05 bits per heavy atom. The van der Waals surface area contributed by atoms with Crippen LogP contribution in [0.4, 0.5) is 13.2 Å². The van der Waals surface area contributed by atoms with Crippen molar-refractivity contribution in [3.63, 3.8) is 0 Å². The van der Waals surface area contributed by atoms with Crippen molar-refractivity contribution in [3.8, 4) is 0 Å². The van der Waals surface area contributed by atoms with Crippen molar-refractivity contribution in [1.82, 2.24) is 14.9 Å². The summed E-state index contributed by atoms with van der Waals surface area (Å²) in [6, 6.07) is 0. The van der Waals surface area contributed by atoms with Gasteiger partial charge in [0.25, 0.3) is 5.56 Å². The van der Waals surface area contributed by atoms with Crippen molar-refractivity contribution in [2.45, 2.75) is 32.7 Å². The van der Waals surface area contributed by atoms with Crippen molar-refractivity contribution >= 4 is 21.6 Å². The third-order valence-electron chi connectivity index (χ3n) is 3.37. The number of H-pyrrole nitrogens is 1. The van der Waals surface area contributed by atoms with Gasteiger partial charge in [0.2, 0.25) is 0 Å². The van der Waals surface area contributed by atoms with Crippen molar-refractivity contribution < 1.29 is 18.3 Å². The number of nitrogens with zero attached hydrogens (tertiary/aromatic N) is 2. The second kappa shape index (κ2) is 5.98. The first-order valence-electron chi connectivity index (χ1n) is 6.51. The molecule has 0 fully saturated rings. The average Bonchev–Trinajstić information content (AvgIpc) is 2.63. The Hall–Kier alpha value is -1.45. The van der Waals surface area contributed by atoms with E-state index >= 15 is 0 Å². The molecule has 2 rings (SSSR count). The number of nitrogens with one attached hydrogen (secondary N) is 1. The fourth-order valence-electron chi connectivity index (χ4n) is 2.09. The van der Waals surface area contributed by atoms with Gasteiger partial charge >= 0.3 is 6.18 Å². The maximum Gasteiger partial charge on any atom is 0.415 e. The van der Waals surface area contributed by atoms with Gasteiger partial charge in [-0.3, -0.25) is 9.69 Å². The van der Waals surface area contributed by atoms with E-state index in [1.54, 1.807) is 0 Å². The highest BCUT2D eigenvalue weighted by Gasteiger charge is 2.38. The fraction of sp³-hybridized carbons (Fsp3) is 0.538. The van der Waals surface area contributed by atoms with E-state index in [0.29, 0.717) is 10.2 Å². The predicted octanol–water partition coefficient (Wildman–Crippen LogP) is 1.96. The smallest absolute Gasteiger partial charge is 0.382 e. The molecule has 122 valence electrons. The highest BCUT2D eigenvalue weighted by atomic mass is 32.1. The molecule has 0 spiro atoms. The van der Waals surface area contributed by atoms with Crippen molar-refractivity contribution in [3.05, 3.63) is 26.6 Å². The molecule has 0 aliphatic carbocycles. The molecule has 9 heteroatoms. The minimum Gasteiger partial charge on any atom is -0.382 e. The molecule has 0 aliphatic rings. The predicted molar refractivity (Wildman–Crippen MR) is 78.1 cm³/mol. The van der Waals surface area contributed by atoms with Crippen molar-refractivity contribution in [1.29, 1.82) is 0 Å². The number of likely N-dealkylation sites (N-methyl/N-ethyl adjacent to an activating group) is 1. The van der Waals surface area contributed by atoms with Crippen LogP contribution in [0.5, 0.6) is 0 Å². The SMILES string of the molecule is Cc1sc2nc(CN(C)CC(O)C(F)(F)F)[nH]c(=O)c2c1C. The first kappa shape index (κ1) is 16.9. The van der Waals surface area contributed by atoms with E-state index in [4.69, 9.17) is 5.11 Å². The lowest BCUT2D eigenvalue weighted by atomic mass is 10.2. The van der Waals surface area contributed by atoms with Crippen LogP contribution in [0.15, 0.2) is 4.79 Å². The third kappa shape index (κ3) is 3.47. The van der Waals surface area contributed by atoms with E-state index < -0.39 is 18.8 Å². The summed E-state index contributed by atoms with van der Waals surface area (Å²) in [5.41, 5.74) is 0.563. The molecule has 2 N–H and O–H groups in total. The number of alkyl halides is 3. The number of hydrogen-bond donors (Lipinski definition) is 2. The van der Waals surface area contributed by atoms with Crippen LogP contribution in [0.25, 0.3) is 10.2 Å². The summed E-state index contributed by atoms with van der Waals surface area (Å²) in [4.78, 5) is 21.7. The Bertz CT molecular complexity index is 738. The zero-order valence-electron chi connectivity index (χ0n) is 12.3. The zero-order chi connectivity index (χ0) is 16.7. The maximum atomic E-state index is 12.3. The quantitative estimate of drug-likeness (QED) is 0.896. The van der Waals surface area contributed by atoms with E-state index in [-0.39, 0.29) is 17.9 Å². The number of halogens is 3. The van der Waals surface area contributed by atoms with Crippen LogP contribution < -0.4 is 5.56 Å². The molecule has 0 bridgehead atoms. The molecule has 0 amide bonds. The summed E-state index contributed by atoms with van der Waals surface area (Å²) < 4.78 is 37.0. The molecule has 2 aromatic rings. The lowest BCUT2D eigenvalue weighted by Crippen LogP contribution is -2.39. The number of aromatic nitrogens is 2. The number of fused-ring (bicyclic) bond motifs is 1. The van der Waals surface area contributed by atoms with Gasteiger partial charge in [0, 0.05) is 11.4 Å². The molecule has 22 heavy (non-hydrogen) atoms. The normalized spacial score (nSPS) is 14.0. The molecule has 0 saturated carbocycles. The minimum absolute atomic E-state index is 0.00825. The largest absolute Gasteiger partial charge is 0.415 e. The van der Waals surface area contributed by atoms with Crippen LogP contribution in [0, 0.1) is 13.8 Å². The summed E-state index contributed by atoms with van der Waals surface area (Å²) in [6.07, 6.45) is -7.10.